The van der Waals surface area contributed by atoms with Gasteiger partial charge in [-0.2, -0.15) is 4.98 Å². The number of nitrogens with one attached hydrogen (secondary N) is 2. The summed E-state index contributed by atoms with van der Waals surface area (Å²) in [4.78, 5) is 38.9. The van der Waals surface area contributed by atoms with Crippen molar-refractivity contribution < 1.29 is 9.90 Å². The summed E-state index contributed by atoms with van der Waals surface area (Å²) in [5, 5.41) is 13.2. The SMILES string of the molecule is O=C(O)c1c(=O)c2cnc(N3CCCNCC3)nc2n2c1[nH]c1ccccc12. The van der Waals surface area contributed by atoms with E-state index in [-0.39, 0.29) is 16.6 Å². The zero-order valence-corrected chi connectivity index (χ0v) is 15.0. The van der Waals surface area contributed by atoms with E-state index in [4.69, 9.17) is 0 Å². The lowest BCUT2D eigenvalue weighted by Crippen LogP contribution is -2.30. The number of aromatic nitrogens is 4. The molecule has 0 saturated carbocycles. The summed E-state index contributed by atoms with van der Waals surface area (Å²) in [5.41, 5.74) is 1.23. The van der Waals surface area contributed by atoms with Gasteiger partial charge in [0.05, 0.1) is 16.4 Å². The Hall–Kier alpha value is -3.46. The number of carbonyl (C=O) groups is 1. The first-order valence-electron chi connectivity index (χ1n) is 9.16. The van der Waals surface area contributed by atoms with Gasteiger partial charge in [0.2, 0.25) is 11.4 Å². The van der Waals surface area contributed by atoms with E-state index in [0.717, 1.165) is 43.6 Å². The van der Waals surface area contributed by atoms with E-state index in [1.165, 1.54) is 6.20 Å². The third-order valence-corrected chi connectivity index (χ3v) is 5.13. The summed E-state index contributed by atoms with van der Waals surface area (Å²) in [6, 6.07) is 7.42. The van der Waals surface area contributed by atoms with Crippen molar-refractivity contribution in [1.82, 2.24) is 24.7 Å². The van der Waals surface area contributed by atoms with Gasteiger partial charge in [0.15, 0.2) is 5.65 Å². The predicted octanol–water partition coefficient (Wildman–Crippen LogP) is 1.22. The van der Waals surface area contributed by atoms with Crippen molar-refractivity contribution in [2.75, 3.05) is 31.1 Å². The van der Waals surface area contributed by atoms with Gasteiger partial charge in [-0.1, -0.05) is 12.1 Å². The molecule has 0 aliphatic carbocycles. The molecule has 28 heavy (non-hydrogen) atoms. The first kappa shape index (κ1) is 16.7. The fourth-order valence-electron chi connectivity index (χ4n) is 3.81. The number of para-hydroxylation sites is 2. The highest BCUT2D eigenvalue weighted by Gasteiger charge is 2.23. The molecule has 3 aromatic heterocycles. The van der Waals surface area contributed by atoms with Gasteiger partial charge in [0, 0.05) is 25.8 Å². The third-order valence-electron chi connectivity index (χ3n) is 5.13. The Bertz CT molecular complexity index is 1280. The number of carboxylic acid groups (broad SMARTS) is 1. The fourth-order valence-corrected chi connectivity index (χ4v) is 3.81. The first-order valence-corrected chi connectivity index (χ1v) is 9.16. The van der Waals surface area contributed by atoms with Crippen molar-refractivity contribution >= 4 is 39.6 Å². The number of nitrogens with zero attached hydrogens (tertiary/aromatic N) is 4. The molecule has 1 aromatic carbocycles. The fraction of sp³-hybridized carbons (Fsp3) is 0.263. The van der Waals surface area contributed by atoms with Crippen molar-refractivity contribution in [1.29, 1.82) is 0 Å². The number of hydrogen-bond acceptors (Lipinski definition) is 6. The standard InChI is InChI=1S/C19H18N6O3/c26-15-11-10-21-19(24-8-3-6-20-7-9-24)23-16(11)25-13-5-2-1-4-12(13)22-17(25)14(15)18(27)28/h1-2,4-5,10,20,22H,3,6-9H2,(H,27,28). The minimum absolute atomic E-state index is 0.191. The van der Waals surface area contributed by atoms with Gasteiger partial charge in [-0.15, -0.1) is 0 Å². The molecule has 0 amide bonds. The maximum absolute atomic E-state index is 12.9. The molecule has 1 aliphatic heterocycles. The van der Waals surface area contributed by atoms with E-state index in [1.807, 2.05) is 24.3 Å². The second-order valence-electron chi connectivity index (χ2n) is 6.83. The molecule has 9 heteroatoms. The van der Waals surface area contributed by atoms with Crippen LogP contribution >= 0.6 is 0 Å². The van der Waals surface area contributed by atoms with E-state index in [0.29, 0.717) is 11.6 Å². The van der Waals surface area contributed by atoms with Crippen LogP contribution in [0.1, 0.15) is 16.8 Å². The van der Waals surface area contributed by atoms with E-state index in [9.17, 15) is 14.7 Å². The van der Waals surface area contributed by atoms with Crippen LogP contribution in [0.15, 0.2) is 35.3 Å². The molecule has 9 nitrogen and oxygen atoms in total. The lowest BCUT2D eigenvalue weighted by Gasteiger charge is -2.20. The third kappa shape index (κ3) is 2.43. The summed E-state index contributed by atoms with van der Waals surface area (Å²) in [5.74, 6) is -0.739. The van der Waals surface area contributed by atoms with Crippen LogP contribution in [0.25, 0.3) is 27.7 Å². The summed E-state index contributed by atoms with van der Waals surface area (Å²) in [6.07, 6.45) is 2.42. The zero-order valence-electron chi connectivity index (χ0n) is 15.0. The number of aromatic carboxylic acids is 1. The second-order valence-corrected chi connectivity index (χ2v) is 6.83. The molecule has 0 spiro atoms. The molecule has 5 rings (SSSR count). The van der Waals surface area contributed by atoms with Crippen LogP contribution in [-0.4, -0.2) is 56.6 Å². The first-order chi connectivity index (χ1) is 13.6. The molecule has 3 N–H and O–H groups in total. The van der Waals surface area contributed by atoms with Gasteiger partial charge in [0.25, 0.3) is 0 Å². The highest BCUT2D eigenvalue weighted by atomic mass is 16.4. The highest BCUT2D eigenvalue weighted by molar-refractivity contribution is 6.02. The zero-order chi connectivity index (χ0) is 19.3. The molecule has 1 fully saturated rings. The van der Waals surface area contributed by atoms with E-state index < -0.39 is 11.4 Å². The lowest BCUT2D eigenvalue weighted by atomic mass is 10.2. The van der Waals surface area contributed by atoms with Gasteiger partial charge in [-0.3, -0.25) is 9.20 Å². The molecular formula is C19H18N6O3. The normalized spacial score (nSPS) is 15.4. The molecular weight excluding hydrogens is 360 g/mol. The predicted molar refractivity (Wildman–Crippen MR) is 105 cm³/mol. The quantitative estimate of drug-likeness (QED) is 0.480. The molecule has 142 valence electrons. The Labute approximate surface area is 158 Å². The number of fused-ring (bicyclic) bond motifs is 5. The van der Waals surface area contributed by atoms with Crippen molar-refractivity contribution in [2.45, 2.75) is 6.42 Å². The Morgan fingerprint density at radius 1 is 1.18 bits per heavy atom. The van der Waals surface area contributed by atoms with Gasteiger partial charge < -0.3 is 20.3 Å². The number of benzene rings is 1. The average Bonchev–Trinajstić information content (AvgIpc) is 2.87. The van der Waals surface area contributed by atoms with Crippen molar-refractivity contribution in [3.8, 4) is 0 Å². The maximum atomic E-state index is 12.9. The molecule has 4 heterocycles. The number of carboxylic acids is 1. The van der Waals surface area contributed by atoms with Crippen LogP contribution in [0.5, 0.6) is 0 Å². The topological polar surface area (TPSA) is 116 Å². The Morgan fingerprint density at radius 3 is 2.89 bits per heavy atom. The average molecular weight is 378 g/mol. The van der Waals surface area contributed by atoms with Crippen molar-refractivity contribution in [2.24, 2.45) is 0 Å². The Kier molecular flexibility index (Phi) is 3.76. The van der Waals surface area contributed by atoms with E-state index in [1.54, 1.807) is 4.40 Å². The minimum atomic E-state index is -1.28. The summed E-state index contributed by atoms with van der Waals surface area (Å²) in [6.45, 7) is 3.36. The number of anilines is 1. The summed E-state index contributed by atoms with van der Waals surface area (Å²) in [7, 11) is 0. The van der Waals surface area contributed by atoms with Crippen molar-refractivity contribution in [3.05, 3.63) is 46.2 Å². The van der Waals surface area contributed by atoms with Gasteiger partial charge in [-0.05, 0) is 25.1 Å². The Balaban J connectivity index is 1.88. The smallest absolute Gasteiger partial charge is 0.343 e. The van der Waals surface area contributed by atoms with Crippen LogP contribution < -0.4 is 15.6 Å². The minimum Gasteiger partial charge on any atom is -0.477 e. The van der Waals surface area contributed by atoms with Gasteiger partial charge in [0.1, 0.15) is 11.2 Å². The van der Waals surface area contributed by atoms with Gasteiger partial charge >= 0.3 is 5.97 Å². The van der Waals surface area contributed by atoms with Crippen LogP contribution in [0.2, 0.25) is 0 Å². The van der Waals surface area contributed by atoms with Crippen LogP contribution in [0.4, 0.5) is 5.95 Å². The van der Waals surface area contributed by atoms with Crippen LogP contribution in [-0.2, 0) is 0 Å². The molecule has 0 bridgehead atoms. The highest BCUT2D eigenvalue weighted by Crippen LogP contribution is 2.23. The van der Waals surface area contributed by atoms with Crippen LogP contribution in [0, 0.1) is 0 Å². The van der Waals surface area contributed by atoms with Crippen molar-refractivity contribution in [3.63, 3.8) is 0 Å². The molecule has 1 aliphatic rings. The molecule has 1 saturated heterocycles. The molecule has 0 atom stereocenters. The lowest BCUT2D eigenvalue weighted by molar-refractivity contribution is 0.0697. The number of pyridine rings is 1. The Morgan fingerprint density at radius 2 is 2.04 bits per heavy atom. The number of imidazole rings is 1. The largest absolute Gasteiger partial charge is 0.477 e. The van der Waals surface area contributed by atoms with E-state index in [2.05, 4.69) is 25.2 Å². The number of H-pyrrole nitrogens is 1. The number of rotatable bonds is 2. The maximum Gasteiger partial charge on any atom is 0.343 e. The molecule has 0 unspecified atom stereocenters. The molecule has 4 aromatic rings. The van der Waals surface area contributed by atoms with Gasteiger partial charge in [-0.25, -0.2) is 9.78 Å². The van der Waals surface area contributed by atoms with Crippen LogP contribution in [0.3, 0.4) is 0 Å². The number of hydrogen-bond donors (Lipinski definition) is 3. The summed E-state index contributed by atoms with van der Waals surface area (Å²) >= 11 is 0. The second kappa shape index (κ2) is 6.31. The molecule has 0 radical (unpaired) electrons. The number of aromatic amines is 1. The van der Waals surface area contributed by atoms with E-state index >= 15 is 0 Å². The monoisotopic (exact) mass is 378 g/mol. The summed E-state index contributed by atoms with van der Waals surface area (Å²) < 4.78 is 1.71.